The van der Waals surface area contributed by atoms with Gasteiger partial charge in [-0.2, -0.15) is 4.98 Å². The zero-order chi connectivity index (χ0) is 13.7. The van der Waals surface area contributed by atoms with Crippen molar-refractivity contribution in [3.8, 4) is 17.4 Å². The van der Waals surface area contributed by atoms with Crippen molar-refractivity contribution in [2.24, 2.45) is 0 Å². The summed E-state index contributed by atoms with van der Waals surface area (Å²) in [6.45, 7) is 2.70. The molecular weight excluding hydrogens is 266 g/mol. The molecule has 0 radical (unpaired) electrons. The van der Waals surface area contributed by atoms with Crippen LogP contribution in [-0.2, 0) is 0 Å². The lowest BCUT2D eigenvalue weighted by atomic mass is 10.3. The van der Waals surface area contributed by atoms with E-state index < -0.39 is 0 Å². The van der Waals surface area contributed by atoms with Gasteiger partial charge in [0.1, 0.15) is 12.1 Å². The first-order chi connectivity index (χ1) is 9.24. The van der Waals surface area contributed by atoms with Gasteiger partial charge in [-0.05, 0) is 25.1 Å². The molecule has 1 aromatic heterocycles. The van der Waals surface area contributed by atoms with Crippen LogP contribution in [-0.4, -0.2) is 23.6 Å². The molecule has 6 heteroatoms. The lowest BCUT2D eigenvalue weighted by molar-refractivity contribution is 0.369. The summed E-state index contributed by atoms with van der Waals surface area (Å²) in [6.07, 6.45) is 1.42. The Bertz CT molecular complexity index is 563. The van der Waals surface area contributed by atoms with Crippen LogP contribution in [0.2, 0.25) is 5.02 Å². The Morgan fingerprint density at radius 3 is 2.84 bits per heavy atom. The molecule has 0 aliphatic rings. The topological polar surface area (TPSA) is 56.3 Å². The van der Waals surface area contributed by atoms with Gasteiger partial charge in [0.05, 0.1) is 7.11 Å². The highest BCUT2D eigenvalue weighted by Gasteiger charge is 2.13. The minimum absolute atomic E-state index is 0.343. The summed E-state index contributed by atoms with van der Waals surface area (Å²) in [7, 11) is 1.55. The van der Waals surface area contributed by atoms with E-state index in [0.717, 1.165) is 6.54 Å². The zero-order valence-corrected chi connectivity index (χ0v) is 11.4. The smallest absolute Gasteiger partial charge is 0.268 e. The van der Waals surface area contributed by atoms with Gasteiger partial charge in [0, 0.05) is 11.6 Å². The van der Waals surface area contributed by atoms with Gasteiger partial charge in [0.25, 0.3) is 5.88 Å². The standard InChI is InChI=1S/C13H14ClN3O2/c1-3-15-12-11(18-2)13(17-8-16-12)19-10-6-4-5-9(14)7-10/h4-8H,3H2,1-2H3,(H,15,16,17). The molecule has 2 rings (SSSR count). The number of benzene rings is 1. The van der Waals surface area contributed by atoms with Crippen molar-refractivity contribution in [2.75, 3.05) is 19.0 Å². The monoisotopic (exact) mass is 279 g/mol. The Labute approximate surface area is 116 Å². The highest BCUT2D eigenvalue weighted by molar-refractivity contribution is 6.30. The fourth-order valence-corrected chi connectivity index (χ4v) is 1.73. The van der Waals surface area contributed by atoms with Gasteiger partial charge in [-0.3, -0.25) is 0 Å². The van der Waals surface area contributed by atoms with Crippen LogP contribution in [0.4, 0.5) is 5.82 Å². The Kier molecular flexibility index (Phi) is 4.41. The van der Waals surface area contributed by atoms with Crippen molar-refractivity contribution >= 4 is 17.4 Å². The third kappa shape index (κ3) is 3.26. The lowest BCUT2D eigenvalue weighted by Gasteiger charge is -2.12. The third-order valence-electron chi connectivity index (χ3n) is 2.33. The maximum Gasteiger partial charge on any atom is 0.268 e. The molecule has 19 heavy (non-hydrogen) atoms. The van der Waals surface area contributed by atoms with Gasteiger partial charge in [-0.25, -0.2) is 4.98 Å². The van der Waals surface area contributed by atoms with Crippen LogP contribution in [0.5, 0.6) is 17.4 Å². The Hall–Kier alpha value is -2.01. The maximum absolute atomic E-state index is 5.91. The molecule has 1 N–H and O–H groups in total. The van der Waals surface area contributed by atoms with Gasteiger partial charge in [0.2, 0.25) is 5.75 Å². The van der Waals surface area contributed by atoms with E-state index in [1.165, 1.54) is 6.33 Å². The fraction of sp³-hybridized carbons (Fsp3) is 0.231. The van der Waals surface area contributed by atoms with E-state index in [1.807, 2.05) is 6.92 Å². The van der Waals surface area contributed by atoms with Gasteiger partial charge in [-0.15, -0.1) is 0 Å². The summed E-state index contributed by atoms with van der Waals surface area (Å²) in [4.78, 5) is 8.18. The van der Waals surface area contributed by atoms with E-state index in [4.69, 9.17) is 21.1 Å². The Morgan fingerprint density at radius 2 is 2.16 bits per heavy atom. The molecular formula is C13H14ClN3O2. The van der Waals surface area contributed by atoms with Crippen molar-refractivity contribution in [2.45, 2.75) is 6.92 Å². The first kappa shape index (κ1) is 13.4. The van der Waals surface area contributed by atoms with Gasteiger partial charge in [0.15, 0.2) is 5.82 Å². The summed E-state index contributed by atoms with van der Waals surface area (Å²) < 4.78 is 11.0. The zero-order valence-electron chi connectivity index (χ0n) is 10.7. The molecule has 1 heterocycles. The Morgan fingerprint density at radius 1 is 1.32 bits per heavy atom. The number of halogens is 1. The summed E-state index contributed by atoms with van der Waals surface area (Å²) in [5.74, 6) is 1.99. The summed E-state index contributed by atoms with van der Waals surface area (Å²) >= 11 is 5.91. The number of rotatable bonds is 5. The highest BCUT2D eigenvalue weighted by Crippen LogP contribution is 2.34. The van der Waals surface area contributed by atoms with Crippen LogP contribution < -0.4 is 14.8 Å². The van der Waals surface area contributed by atoms with Gasteiger partial charge < -0.3 is 14.8 Å². The number of methoxy groups -OCH3 is 1. The third-order valence-corrected chi connectivity index (χ3v) is 2.57. The average molecular weight is 280 g/mol. The molecule has 0 spiro atoms. The molecule has 0 fully saturated rings. The largest absolute Gasteiger partial charge is 0.489 e. The molecule has 0 amide bonds. The van der Waals surface area contributed by atoms with Crippen molar-refractivity contribution in [1.29, 1.82) is 0 Å². The van der Waals surface area contributed by atoms with E-state index in [1.54, 1.807) is 31.4 Å². The minimum atomic E-state index is 0.343. The number of anilines is 1. The molecule has 1 aromatic carbocycles. The molecule has 0 saturated heterocycles. The predicted octanol–water partition coefficient (Wildman–Crippen LogP) is 3.36. The maximum atomic E-state index is 5.91. The number of hydrogen-bond acceptors (Lipinski definition) is 5. The summed E-state index contributed by atoms with van der Waals surface area (Å²) in [5, 5.41) is 3.68. The summed E-state index contributed by atoms with van der Waals surface area (Å²) in [6, 6.07) is 7.07. The molecule has 5 nitrogen and oxygen atoms in total. The lowest BCUT2D eigenvalue weighted by Crippen LogP contribution is -2.04. The molecule has 0 saturated carbocycles. The van der Waals surface area contributed by atoms with Gasteiger partial charge >= 0.3 is 0 Å². The predicted molar refractivity (Wildman–Crippen MR) is 74.3 cm³/mol. The highest BCUT2D eigenvalue weighted by atomic mass is 35.5. The van der Waals surface area contributed by atoms with Crippen molar-refractivity contribution in [3.63, 3.8) is 0 Å². The van der Waals surface area contributed by atoms with Crippen LogP contribution in [0.15, 0.2) is 30.6 Å². The van der Waals surface area contributed by atoms with Crippen molar-refractivity contribution < 1.29 is 9.47 Å². The number of ether oxygens (including phenoxy) is 2. The first-order valence-electron chi connectivity index (χ1n) is 5.81. The normalized spacial score (nSPS) is 10.1. The average Bonchev–Trinajstić information content (AvgIpc) is 2.39. The summed E-state index contributed by atoms with van der Waals surface area (Å²) in [5.41, 5.74) is 0. The number of nitrogens with one attached hydrogen (secondary N) is 1. The van der Waals surface area contributed by atoms with Gasteiger partial charge in [-0.1, -0.05) is 17.7 Å². The molecule has 0 aliphatic carbocycles. The van der Waals surface area contributed by atoms with Crippen LogP contribution in [0.3, 0.4) is 0 Å². The minimum Gasteiger partial charge on any atom is -0.489 e. The van der Waals surface area contributed by atoms with Crippen molar-refractivity contribution in [1.82, 2.24) is 9.97 Å². The second-order valence-corrected chi connectivity index (χ2v) is 4.09. The second-order valence-electron chi connectivity index (χ2n) is 3.65. The molecule has 0 unspecified atom stereocenters. The first-order valence-corrected chi connectivity index (χ1v) is 6.18. The number of nitrogens with zero attached hydrogens (tertiary/aromatic N) is 2. The Balaban J connectivity index is 2.31. The second kappa shape index (κ2) is 6.24. The van der Waals surface area contributed by atoms with E-state index in [0.29, 0.717) is 28.2 Å². The fourth-order valence-electron chi connectivity index (χ4n) is 1.55. The molecule has 0 atom stereocenters. The van der Waals surface area contributed by atoms with Crippen LogP contribution in [0.25, 0.3) is 0 Å². The number of hydrogen-bond donors (Lipinski definition) is 1. The molecule has 0 aliphatic heterocycles. The number of aromatic nitrogens is 2. The van der Waals surface area contributed by atoms with Crippen LogP contribution in [0.1, 0.15) is 6.92 Å². The van der Waals surface area contributed by atoms with E-state index in [9.17, 15) is 0 Å². The molecule has 0 bridgehead atoms. The van der Waals surface area contributed by atoms with E-state index in [2.05, 4.69) is 15.3 Å². The van der Waals surface area contributed by atoms with Crippen molar-refractivity contribution in [3.05, 3.63) is 35.6 Å². The molecule has 2 aromatic rings. The SMILES string of the molecule is CCNc1ncnc(Oc2cccc(Cl)c2)c1OC. The van der Waals surface area contributed by atoms with Crippen LogP contribution in [0, 0.1) is 0 Å². The van der Waals surface area contributed by atoms with E-state index in [-0.39, 0.29) is 0 Å². The van der Waals surface area contributed by atoms with Crippen LogP contribution >= 0.6 is 11.6 Å². The van der Waals surface area contributed by atoms with E-state index >= 15 is 0 Å². The quantitative estimate of drug-likeness (QED) is 0.909. The molecule has 100 valence electrons.